The molecular weight excluding hydrogens is 272 g/mol. The Morgan fingerprint density at radius 1 is 1.40 bits per heavy atom. The van der Waals surface area contributed by atoms with Crippen molar-refractivity contribution in [2.75, 3.05) is 0 Å². The fourth-order valence-electron chi connectivity index (χ4n) is 3.23. The largest absolute Gasteiger partial charge is 0.385 e. The van der Waals surface area contributed by atoms with Crippen molar-refractivity contribution in [2.45, 2.75) is 38.2 Å². The van der Waals surface area contributed by atoms with Gasteiger partial charge in [0.2, 0.25) is 0 Å². The second kappa shape index (κ2) is 4.90. The quantitative estimate of drug-likeness (QED) is 0.923. The first kappa shape index (κ1) is 13.7. The van der Waals surface area contributed by atoms with Gasteiger partial charge in [0.1, 0.15) is 0 Å². The Balaban J connectivity index is 2.02. The van der Waals surface area contributed by atoms with Gasteiger partial charge in [-0.3, -0.25) is 4.68 Å². The highest BCUT2D eigenvalue weighted by atomic mass is 35.5. The number of aliphatic hydroxyl groups is 1. The van der Waals surface area contributed by atoms with E-state index < -0.39 is 5.60 Å². The summed E-state index contributed by atoms with van der Waals surface area (Å²) in [6.45, 7) is 1.89. The maximum atomic E-state index is 11.1. The molecule has 3 nitrogen and oxygen atoms in total. The number of benzene rings is 1. The van der Waals surface area contributed by atoms with Crippen LogP contribution in [-0.4, -0.2) is 14.9 Å². The van der Waals surface area contributed by atoms with Gasteiger partial charge in [0, 0.05) is 13.5 Å². The minimum absolute atomic E-state index is 0.514. The molecule has 2 aromatic rings. The van der Waals surface area contributed by atoms with Gasteiger partial charge in [-0.25, -0.2) is 0 Å². The SMILES string of the molecule is Cc1nn(C)c(CC2(O)CCCc3ccccc32)c1Cl. The van der Waals surface area contributed by atoms with Crippen molar-refractivity contribution in [2.24, 2.45) is 7.05 Å². The zero-order valence-corrected chi connectivity index (χ0v) is 12.6. The van der Waals surface area contributed by atoms with Gasteiger partial charge in [-0.1, -0.05) is 35.9 Å². The number of aromatic nitrogens is 2. The predicted octanol–water partition coefficient (Wildman–Crippen LogP) is 3.15. The van der Waals surface area contributed by atoms with Gasteiger partial charge in [0.15, 0.2) is 0 Å². The van der Waals surface area contributed by atoms with Crippen LogP contribution in [-0.2, 0) is 25.5 Å². The van der Waals surface area contributed by atoms with Crippen LogP contribution in [0.5, 0.6) is 0 Å². The van der Waals surface area contributed by atoms with Gasteiger partial charge in [0.05, 0.1) is 22.0 Å². The van der Waals surface area contributed by atoms with E-state index in [0.29, 0.717) is 11.4 Å². The molecule has 1 atom stereocenters. The summed E-state index contributed by atoms with van der Waals surface area (Å²) in [5, 5.41) is 16.1. The fourth-order valence-corrected chi connectivity index (χ4v) is 3.46. The maximum absolute atomic E-state index is 11.1. The molecule has 3 rings (SSSR count). The van der Waals surface area contributed by atoms with Crippen molar-refractivity contribution in [1.29, 1.82) is 0 Å². The second-order valence-corrected chi connectivity index (χ2v) is 6.07. The zero-order chi connectivity index (χ0) is 14.3. The molecule has 0 spiro atoms. The molecular formula is C16H19ClN2O. The zero-order valence-electron chi connectivity index (χ0n) is 11.9. The first-order valence-electron chi connectivity index (χ1n) is 7.00. The summed E-state index contributed by atoms with van der Waals surface area (Å²) in [6, 6.07) is 8.16. The Hall–Kier alpha value is -1.32. The number of rotatable bonds is 2. The van der Waals surface area contributed by atoms with E-state index in [1.165, 1.54) is 5.56 Å². The van der Waals surface area contributed by atoms with Crippen molar-refractivity contribution in [3.05, 3.63) is 51.8 Å². The first-order valence-corrected chi connectivity index (χ1v) is 7.38. The third kappa shape index (κ3) is 2.15. The molecule has 1 aliphatic carbocycles. The first-order chi connectivity index (χ1) is 9.51. The van der Waals surface area contributed by atoms with Crippen LogP contribution in [0.1, 0.15) is 35.4 Å². The van der Waals surface area contributed by atoms with Crippen molar-refractivity contribution >= 4 is 11.6 Å². The molecule has 0 bridgehead atoms. The van der Waals surface area contributed by atoms with Crippen molar-refractivity contribution in [3.8, 4) is 0 Å². The Morgan fingerprint density at radius 2 is 2.15 bits per heavy atom. The van der Waals surface area contributed by atoms with E-state index in [1.807, 2.05) is 32.2 Å². The summed E-state index contributed by atoms with van der Waals surface area (Å²) in [6.07, 6.45) is 3.32. The predicted molar refractivity (Wildman–Crippen MR) is 79.9 cm³/mol. The highest BCUT2D eigenvalue weighted by Gasteiger charge is 2.36. The Morgan fingerprint density at radius 3 is 2.85 bits per heavy atom. The van der Waals surface area contributed by atoms with Gasteiger partial charge in [-0.05, 0) is 37.3 Å². The molecule has 1 heterocycles. The standard InChI is InChI=1S/C16H19ClN2O/c1-11-15(17)14(19(2)18-11)10-16(20)9-5-7-12-6-3-4-8-13(12)16/h3-4,6,8,20H,5,7,9-10H2,1-2H3. The van der Waals surface area contributed by atoms with E-state index in [-0.39, 0.29) is 0 Å². The summed E-state index contributed by atoms with van der Waals surface area (Å²) in [4.78, 5) is 0. The average molecular weight is 291 g/mol. The van der Waals surface area contributed by atoms with Gasteiger partial charge in [-0.2, -0.15) is 5.10 Å². The van der Waals surface area contributed by atoms with E-state index in [2.05, 4.69) is 11.2 Å². The van der Waals surface area contributed by atoms with Crippen LogP contribution < -0.4 is 0 Å². The molecule has 1 N–H and O–H groups in total. The van der Waals surface area contributed by atoms with E-state index in [0.717, 1.165) is 36.2 Å². The molecule has 4 heteroatoms. The molecule has 0 aliphatic heterocycles. The molecule has 0 amide bonds. The molecule has 0 radical (unpaired) electrons. The summed E-state index contributed by atoms with van der Waals surface area (Å²) in [7, 11) is 1.88. The lowest BCUT2D eigenvalue weighted by Crippen LogP contribution is -2.33. The minimum atomic E-state index is -0.835. The third-order valence-electron chi connectivity index (χ3n) is 4.28. The summed E-state index contributed by atoms with van der Waals surface area (Å²) >= 11 is 6.33. The lowest BCUT2D eigenvalue weighted by molar-refractivity contribution is 0.0173. The Bertz CT molecular complexity index is 650. The Kier molecular flexibility index (Phi) is 3.35. The normalized spacial score (nSPS) is 21.8. The highest BCUT2D eigenvalue weighted by molar-refractivity contribution is 6.31. The minimum Gasteiger partial charge on any atom is -0.385 e. The van der Waals surface area contributed by atoms with Crippen molar-refractivity contribution in [1.82, 2.24) is 9.78 Å². The lowest BCUT2D eigenvalue weighted by Gasteiger charge is -2.34. The smallest absolute Gasteiger partial charge is 0.0954 e. The molecule has 0 saturated heterocycles. The number of fused-ring (bicyclic) bond motifs is 1. The number of hydrogen-bond donors (Lipinski definition) is 1. The monoisotopic (exact) mass is 290 g/mol. The lowest BCUT2D eigenvalue weighted by atomic mass is 9.76. The van der Waals surface area contributed by atoms with Crippen LogP contribution in [0.2, 0.25) is 5.02 Å². The molecule has 20 heavy (non-hydrogen) atoms. The van der Waals surface area contributed by atoms with Crippen LogP contribution in [0.3, 0.4) is 0 Å². The van der Waals surface area contributed by atoms with Crippen LogP contribution in [0, 0.1) is 6.92 Å². The topological polar surface area (TPSA) is 38.0 Å². The van der Waals surface area contributed by atoms with Crippen LogP contribution >= 0.6 is 11.6 Å². The van der Waals surface area contributed by atoms with Crippen LogP contribution in [0.15, 0.2) is 24.3 Å². The molecule has 1 aromatic carbocycles. The van der Waals surface area contributed by atoms with Gasteiger partial charge in [-0.15, -0.1) is 0 Å². The highest BCUT2D eigenvalue weighted by Crippen LogP contribution is 2.39. The number of halogens is 1. The summed E-state index contributed by atoms with van der Waals surface area (Å²) in [5.74, 6) is 0. The molecule has 0 saturated carbocycles. The molecule has 1 aromatic heterocycles. The average Bonchev–Trinajstić information content (AvgIpc) is 2.66. The number of nitrogens with zero attached hydrogens (tertiary/aromatic N) is 2. The van der Waals surface area contributed by atoms with E-state index >= 15 is 0 Å². The van der Waals surface area contributed by atoms with Crippen LogP contribution in [0.4, 0.5) is 0 Å². The number of hydrogen-bond acceptors (Lipinski definition) is 2. The molecule has 1 aliphatic rings. The summed E-state index contributed by atoms with van der Waals surface area (Å²) < 4.78 is 1.78. The van der Waals surface area contributed by atoms with Gasteiger partial charge < -0.3 is 5.11 Å². The Labute approximate surface area is 124 Å². The van der Waals surface area contributed by atoms with E-state index in [1.54, 1.807) is 4.68 Å². The third-order valence-corrected chi connectivity index (χ3v) is 4.77. The van der Waals surface area contributed by atoms with Crippen molar-refractivity contribution in [3.63, 3.8) is 0 Å². The fraction of sp³-hybridized carbons (Fsp3) is 0.438. The molecule has 106 valence electrons. The molecule has 0 fully saturated rings. The maximum Gasteiger partial charge on any atom is 0.0954 e. The summed E-state index contributed by atoms with van der Waals surface area (Å²) in [5.41, 5.74) is 3.18. The molecule has 1 unspecified atom stereocenters. The van der Waals surface area contributed by atoms with E-state index in [9.17, 15) is 5.11 Å². The number of aryl methyl sites for hydroxylation is 3. The van der Waals surface area contributed by atoms with Crippen LogP contribution in [0.25, 0.3) is 0 Å². The second-order valence-electron chi connectivity index (χ2n) is 5.69. The van der Waals surface area contributed by atoms with Gasteiger partial charge >= 0.3 is 0 Å². The van der Waals surface area contributed by atoms with Crippen molar-refractivity contribution < 1.29 is 5.11 Å². The van der Waals surface area contributed by atoms with E-state index in [4.69, 9.17) is 11.6 Å². The van der Waals surface area contributed by atoms with Gasteiger partial charge in [0.25, 0.3) is 0 Å².